The summed E-state index contributed by atoms with van der Waals surface area (Å²) in [4.78, 5) is 27.3. The third kappa shape index (κ3) is 3.00. The predicted molar refractivity (Wildman–Crippen MR) is 81.9 cm³/mol. The highest BCUT2D eigenvalue weighted by molar-refractivity contribution is 6.31. The number of amides is 1. The topological polar surface area (TPSA) is 100.0 Å². The van der Waals surface area contributed by atoms with Gasteiger partial charge in [-0.15, -0.1) is 0 Å². The molecule has 0 radical (unpaired) electrons. The number of fused-ring (bicyclic) bond motifs is 1. The summed E-state index contributed by atoms with van der Waals surface area (Å²) >= 11 is 5.99. The van der Waals surface area contributed by atoms with Crippen LogP contribution in [0.25, 0.3) is 10.8 Å². The van der Waals surface area contributed by atoms with Crippen LogP contribution >= 0.6 is 11.6 Å². The number of ether oxygens (including phenoxy) is 1. The van der Waals surface area contributed by atoms with Crippen molar-refractivity contribution in [3.05, 3.63) is 35.5 Å². The summed E-state index contributed by atoms with van der Waals surface area (Å²) < 4.78 is 5.77. The van der Waals surface area contributed by atoms with Crippen molar-refractivity contribution < 1.29 is 24.5 Å². The third-order valence-electron chi connectivity index (χ3n) is 3.76. The smallest absolute Gasteiger partial charge is 0.408 e. The number of carboxylic acid groups (broad SMARTS) is 2. The van der Waals surface area contributed by atoms with Crippen LogP contribution in [0.5, 0.6) is 5.88 Å². The standard InChI is InChI=1S/C15H13ClN2O5/c16-9-2-1-8-3-4-17-13(11(8)5-9)23-10-6-12(14(19)20)18(7-10)15(21)22/h1-5,10,12H,6-7H2,(H,19,20)(H,21,22). The molecule has 8 heteroatoms. The van der Waals surface area contributed by atoms with Crippen LogP contribution in [0.4, 0.5) is 4.79 Å². The SMILES string of the molecule is O=C(O)C1CC(Oc2nccc3ccc(Cl)cc23)CN1C(=O)O. The second-order valence-electron chi connectivity index (χ2n) is 5.25. The molecule has 1 aromatic heterocycles. The van der Waals surface area contributed by atoms with Gasteiger partial charge < -0.3 is 14.9 Å². The molecule has 1 fully saturated rings. The molecule has 0 aliphatic carbocycles. The molecule has 2 N–H and O–H groups in total. The van der Waals surface area contributed by atoms with Crippen LogP contribution in [0.3, 0.4) is 0 Å². The summed E-state index contributed by atoms with van der Waals surface area (Å²) in [7, 11) is 0. The Morgan fingerprint density at radius 2 is 2.09 bits per heavy atom. The van der Waals surface area contributed by atoms with E-state index < -0.39 is 24.2 Å². The zero-order valence-electron chi connectivity index (χ0n) is 11.8. The minimum atomic E-state index is -1.28. The number of hydrogen-bond donors (Lipinski definition) is 2. The second kappa shape index (κ2) is 5.92. The van der Waals surface area contributed by atoms with E-state index in [-0.39, 0.29) is 13.0 Å². The maximum Gasteiger partial charge on any atom is 0.408 e. The number of benzene rings is 1. The summed E-state index contributed by atoms with van der Waals surface area (Å²) in [6, 6.07) is 5.96. The van der Waals surface area contributed by atoms with Crippen molar-refractivity contribution >= 4 is 34.4 Å². The first-order valence-corrected chi connectivity index (χ1v) is 7.27. The fourth-order valence-corrected chi connectivity index (χ4v) is 2.87. The molecule has 1 aliphatic rings. The van der Waals surface area contributed by atoms with E-state index in [0.717, 1.165) is 10.3 Å². The Bertz CT molecular complexity index is 760. The number of rotatable bonds is 3. The number of hydrogen-bond acceptors (Lipinski definition) is 4. The maximum atomic E-state index is 11.2. The highest BCUT2D eigenvalue weighted by atomic mass is 35.5. The number of carboxylic acids is 1. The maximum absolute atomic E-state index is 11.2. The molecule has 2 heterocycles. The zero-order chi connectivity index (χ0) is 16.6. The van der Waals surface area contributed by atoms with Crippen LogP contribution in [0.1, 0.15) is 6.42 Å². The molecule has 2 atom stereocenters. The van der Waals surface area contributed by atoms with Gasteiger partial charge in [0, 0.05) is 23.0 Å². The van der Waals surface area contributed by atoms with Gasteiger partial charge in [0.2, 0.25) is 5.88 Å². The van der Waals surface area contributed by atoms with Crippen molar-refractivity contribution in [3.8, 4) is 5.88 Å². The molecule has 0 spiro atoms. The second-order valence-corrected chi connectivity index (χ2v) is 5.68. The van der Waals surface area contributed by atoms with Gasteiger partial charge in [0.15, 0.2) is 0 Å². The molecule has 120 valence electrons. The Labute approximate surface area is 136 Å². The minimum absolute atomic E-state index is 0.0229. The highest BCUT2D eigenvalue weighted by Gasteiger charge is 2.41. The van der Waals surface area contributed by atoms with Gasteiger partial charge in [0.25, 0.3) is 0 Å². The lowest BCUT2D eigenvalue weighted by Crippen LogP contribution is -2.39. The number of halogens is 1. The Kier molecular flexibility index (Phi) is 3.96. The summed E-state index contributed by atoms with van der Waals surface area (Å²) in [6.07, 6.45) is -0.216. The van der Waals surface area contributed by atoms with Crippen LogP contribution in [0.2, 0.25) is 5.02 Å². The van der Waals surface area contributed by atoms with Crippen LogP contribution in [0.15, 0.2) is 30.5 Å². The molecule has 1 amide bonds. The first-order chi connectivity index (χ1) is 11.0. The van der Waals surface area contributed by atoms with Crippen molar-refractivity contribution in [2.45, 2.75) is 18.6 Å². The monoisotopic (exact) mass is 336 g/mol. The molecule has 3 rings (SSSR count). The highest BCUT2D eigenvalue weighted by Crippen LogP contribution is 2.29. The van der Waals surface area contributed by atoms with Gasteiger partial charge in [-0.3, -0.25) is 4.90 Å². The Balaban J connectivity index is 1.87. The molecule has 0 bridgehead atoms. The van der Waals surface area contributed by atoms with Crippen molar-refractivity contribution in [1.29, 1.82) is 0 Å². The molecule has 1 aliphatic heterocycles. The lowest BCUT2D eigenvalue weighted by Gasteiger charge is -2.16. The van der Waals surface area contributed by atoms with Crippen LogP contribution in [0, 0.1) is 0 Å². The molecule has 23 heavy (non-hydrogen) atoms. The molecule has 2 unspecified atom stereocenters. The molecule has 0 saturated carbocycles. The predicted octanol–water partition coefficient (Wildman–Crippen LogP) is 2.47. The van der Waals surface area contributed by atoms with E-state index in [1.807, 2.05) is 6.07 Å². The normalized spacial score (nSPS) is 20.7. The van der Waals surface area contributed by atoms with Crippen LogP contribution in [-0.4, -0.2) is 50.9 Å². The van der Waals surface area contributed by atoms with Gasteiger partial charge >= 0.3 is 12.1 Å². The van der Waals surface area contributed by atoms with E-state index in [0.29, 0.717) is 16.3 Å². The molecule has 1 saturated heterocycles. The number of nitrogens with zero attached hydrogens (tertiary/aromatic N) is 2. The fourth-order valence-electron chi connectivity index (χ4n) is 2.69. The summed E-state index contributed by atoms with van der Waals surface area (Å²) in [5.41, 5.74) is 0. The lowest BCUT2D eigenvalue weighted by molar-refractivity contribution is -0.141. The molecule has 1 aromatic carbocycles. The number of aliphatic carboxylic acids is 1. The van der Waals surface area contributed by atoms with Crippen molar-refractivity contribution in [2.75, 3.05) is 6.54 Å². The van der Waals surface area contributed by atoms with E-state index in [9.17, 15) is 9.59 Å². The van der Waals surface area contributed by atoms with E-state index in [4.69, 9.17) is 26.6 Å². The van der Waals surface area contributed by atoms with Crippen molar-refractivity contribution in [1.82, 2.24) is 9.88 Å². The fraction of sp³-hybridized carbons (Fsp3) is 0.267. The van der Waals surface area contributed by atoms with Gasteiger partial charge in [0.05, 0.1) is 6.54 Å². The van der Waals surface area contributed by atoms with Gasteiger partial charge in [0.1, 0.15) is 12.1 Å². The Morgan fingerprint density at radius 1 is 1.30 bits per heavy atom. The Hall–Kier alpha value is -2.54. The van der Waals surface area contributed by atoms with E-state index in [1.54, 1.807) is 24.4 Å². The van der Waals surface area contributed by atoms with Gasteiger partial charge in [-0.1, -0.05) is 17.7 Å². The number of aromatic nitrogens is 1. The van der Waals surface area contributed by atoms with E-state index in [2.05, 4.69) is 4.98 Å². The summed E-state index contributed by atoms with van der Waals surface area (Å²) in [5.74, 6) is -0.876. The summed E-state index contributed by atoms with van der Waals surface area (Å²) in [6.45, 7) is -0.0229. The van der Waals surface area contributed by atoms with Crippen LogP contribution < -0.4 is 4.74 Å². The number of pyridine rings is 1. The average molecular weight is 337 g/mol. The molecular formula is C15H13ClN2O5. The van der Waals surface area contributed by atoms with Gasteiger partial charge in [-0.05, 0) is 23.6 Å². The molecule has 7 nitrogen and oxygen atoms in total. The van der Waals surface area contributed by atoms with Crippen LogP contribution in [-0.2, 0) is 4.79 Å². The zero-order valence-corrected chi connectivity index (χ0v) is 12.6. The number of likely N-dealkylation sites (tertiary alicyclic amines) is 1. The minimum Gasteiger partial charge on any atom is -0.480 e. The first-order valence-electron chi connectivity index (χ1n) is 6.89. The quantitative estimate of drug-likeness (QED) is 0.893. The molecule has 2 aromatic rings. The average Bonchev–Trinajstić information content (AvgIpc) is 2.92. The lowest BCUT2D eigenvalue weighted by atomic mass is 10.1. The van der Waals surface area contributed by atoms with Gasteiger partial charge in [-0.25, -0.2) is 14.6 Å². The number of carbonyl (C=O) groups is 2. The molecular weight excluding hydrogens is 324 g/mol. The van der Waals surface area contributed by atoms with E-state index in [1.165, 1.54) is 0 Å². The summed E-state index contributed by atoms with van der Waals surface area (Å²) in [5, 5.41) is 20.3. The van der Waals surface area contributed by atoms with Gasteiger partial charge in [-0.2, -0.15) is 0 Å². The third-order valence-corrected chi connectivity index (χ3v) is 4.00. The largest absolute Gasteiger partial charge is 0.480 e. The van der Waals surface area contributed by atoms with Crippen molar-refractivity contribution in [3.63, 3.8) is 0 Å². The Morgan fingerprint density at radius 3 is 2.74 bits per heavy atom. The first kappa shape index (κ1) is 15.4. The van der Waals surface area contributed by atoms with Crippen molar-refractivity contribution in [2.24, 2.45) is 0 Å². The van der Waals surface area contributed by atoms with E-state index >= 15 is 0 Å².